The second kappa shape index (κ2) is 7.39. The molecule has 0 spiro atoms. The molecule has 2 rings (SSSR count). The Morgan fingerprint density at radius 2 is 2.14 bits per heavy atom. The molecule has 0 saturated carbocycles. The first-order chi connectivity index (χ1) is 10.1. The number of hydrogen-bond acceptors (Lipinski definition) is 5. The number of rotatable bonds is 5. The van der Waals surface area contributed by atoms with E-state index in [1.54, 1.807) is 17.0 Å². The molecular weight excluding hydrogens is 276 g/mol. The maximum Gasteiger partial charge on any atom is 0.328 e. The largest absolute Gasteiger partial charge is 0.482 e. The van der Waals surface area contributed by atoms with Crippen molar-refractivity contribution in [1.29, 1.82) is 0 Å². The molecular formula is C14H16N2O5. The summed E-state index contributed by atoms with van der Waals surface area (Å²) in [7, 11) is 0. The quantitative estimate of drug-likeness (QED) is 0.791. The molecule has 1 aliphatic heterocycles. The van der Waals surface area contributed by atoms with Crippen LogP contribution in [-0.4, -0.2) is 59.8 Å². The van der Waals surface area contributed by atoms with Gasteiger partial charge in [-0.1, -0.05) is 0 Å². The fraction of sp³-hybridized carbons (Fsp3) is 0.357. The Bertz CT molecular complexity index is 521. The molecule has 1 aromatic heterocycles. The van der Waals surface area contributed by atoms with E-state index < -0.39 is 5.97 Å². The number of carbonyl (C=O) groups excluding carboxylic acids is 1. The third-order valence-electron chi connectivity index (χ3n) is 2.88. The van der Waals surface area contributed by atoms with E-state index in [0.29, 0.717) is 37.7 Å². The Morgan fingerprint density at radius 1 is 1.38 bits per heavy atom. The van der Waals surface area contributed by atoms with Gasteiger partial charge in [0.1, 0.15) is 5.75 Å². The van der Waals surface area contributed by atoms with Crippen LogP contribution in [0.1, 0.15) is 5.69 Å². The van der Waals surface area contributed by atoms with E-state index >= 15 is 0 Å². The molecule has 0 bridgehead atoms. The monoisotopic (exact) mass is 292 g/mol. The maximum atomic E-state index is 11.9. The van der Waals surface area contributed by atoms with E-state index in [9.17, 15) is 9.59 Å². The first kappa shape index (κ1) is 15.0. The van der Waals surface area contributed by atoms with Gasteiger partial charge in [0, 0.05) is 19.2 Å². The number of pyridine rings is 1. The number of morpholine rings is 1. The van der Waals surface area contributed by atoms with Crippen molar-refractivity contribution in [2.45, 2.75) is 0 Å². The number of hydrogen-bond donors (Lipinski definition) is 1. The van der Waals surface area contributed by atoms with Crippen LogP contribution in [0.4, 0.5) is 0 Å². The molecule has 1 N–H and O–H groups in total. The lowest BCUT2D eigenvalue weighted by molar-refractivity contribution is -0.137. The predicted octanol–water partition coefficient (Wildman–Crippen LogP) is 0.417. The summed E-state index contributed by atoms with van der Waals surface area (Å²) >= 11 is 0. The van der Waals surface area contributed by atoms with Crippen molar-refractivity contribution in [2.75, 3.05) is 32.9 Å². The second-order valence-corrected chi connectivity index (χ2v) is 4.37. The van der Waals surface area contributed by atoms with Gasteiger partial charge in [-0.25, -0.2) is 4.79 Å². The minimum Gasteiger partial charge on any atom is -0.482 e. The number of ether oxygens (including phenoxy) is 2. The van der Waals surface area contributed by atoms with Crippen molar-refractivity contribution in [3.63, 3.8) is 0 Å². The minimum atomic E-state index is -1.03. The van der Waals surface area contributed by atoms with Crippen molar-refractivity contribution in [3.05, 3.63) is 30.1 Å². The van der Waals surface area contributed by atoms with Gasteiger partial charge >= 0.3 is 5.97 Å². The van der Waals surface area contributed by atoms with Crippen LogP contribution in [0.5, 0.6) is 5.75 Å². The van der Waals surface area contributed by atoms with E-state index in [4.69, 9.17) is 14.6 Å². The summed E-state index contributed by atoms with van der Waals surface area (Å²) in [6.07, 6.45) is 3.84. The fourth-order valence-electron chi connectivity index (χ4n) is 1.78. The van der Waals surface area contributed by atoms with Crippen LogP contribution in [-0.2, 0) is 14.3 Å². The lowest BCUT2D eigenvalue weighted by Gasteiger charge is -2.26. The Morgan fingerprint density at radius 3 is 2.76 bits per heavy atom. The van der Waals surface area contributed by atoms with Crippen molar-refractivity contribution in [3.8, 4) is 5.75 Å². The molecule has 0 atom stereocenters. The summed E-state index contributed by atoms with van der Waals surface area (Å²) in [4.78, 5) is 28.0. The lowest BCUT2D eigenvalue weighted by atomic mass is 10.3. The normalized spacial score (nSPS) is 15.1. The zero-order valence-electron chi connectivity index (χ0n) is 11.4. The summed E-state index contributed by atoms with van der Waals surface area (Å²) in [5.74, 6) is -0.662. The number of carboxylic acids is 1. The molecule has 7 heteroatoms. The number of aliphatic carboxylic acids is 1. The van der Waals surface area contributed by atoms with Crippen molar-refractivity contribution < 1.29 is 24.2 Å². The van der Waals surface area contributed by atoms with Crippen molar-refractivity contribution >= 4 is 18.0 Å². The first-order valence-corrected chi connectivity index (χ1v) is 6.50. The van der Waals surface area contributed by atoms with E-state index in [0.717, 1.165) is 6.08 Å². The van der Waals surface area contributed by atoms with E-state index in [1.807, 2.05) is 0 Å². The van der Waals surface area contributed by atoms with Crippen LogP contribution in [0.25, 0.3) is 6.08 Å². The molecule has 7 nitrogen and oxygen atoms in total. The summed E-state index contributed by atoms with van der Waals surface area (Å²) < 4.78 is 10.5. The maximum absolute atomic E-state index is 11.9. The molecule has 0 aliphatic carbocycles. The standard InChI is InChI=1S/C14H16N2O5/c17-13(16-5-7-20-8-6-16)10-21-12-3-1-11(15-9-12)2-4-14(18)19/h1-4,9H,5-8,10H2,(H,18,19). The van der Waals surface area contributed by atoms with Crippen LogP contribution < -0.4 is 4.74 Å². The summed E-state index contributed by atoms with van der Waals surface area (Å²) in [6.45, 7) is 2.22. The van der Waals surface area contributed by atoms with Gasteiger partial charge in [0.05, 0.1) is 25.1 Å². The Hall–Kier alpha value is -2.41. The molecule has 21 heavy (non-hydrogen) atoms. The number of carbonyl (C=O) groups is 2. The average Bonchev–Trinajstić information content (AvgIpc) is 2.52. The Balaban J connectivity index is 1.83. The van der Waals surface area contributed by atoms with E-state index in [2.05, 4.69) is 4.98 Å². The van der Waals surface area contributed by atoms with E-state index in [-0.39, 0.29) is 12.5 Å². The number of aromatic nitrogens is 1. The average molecular weight is 292 g/mol. The van der Waals surface area contributed by atoms with Gasteiger partial charge in [-0.2, -0.15) is 0 Å². The van der Waals surface area contributed by atoms with E-state index in [1.165, 1.54) is 12.3 Å². The molecule has 0 unspecified atom stereocenters. The summed E-state index contributed by atoms with van der Waals surface area (Å²) in [5.41, 5.74) is 0.504. The highest BCUT2D eigenvalue weighted by molar-refractivity contribution is 5.84. The Labute approximate surface area is 121 Å². The van der Waals surface area contributed by atoms with Gasteiger partial charge in [0.15, 0.2) is 6.61 Å². The summed E-state index contributed by atoms with van der Waals surface area (Å²) in [6, 6.07) is 3.26. The van der Waals surface area contributed by atoms with Gasteiger partial charge < -0.3 is 19.5 Å². The molecule has 112 valence electrons. The smallest absolute Gasteiger partial charge is 0.328 e. The zero-order valence-corrected chi connectivity index (χ0v) is 11.4. The van der Waals surface area contributed by atoms with Gasteiger partial charge in [-0.15, -0.1) is 0 Å². The topological polar surface area (TPSA) is 89.0 Å². The SMILES string of the molecule is O=C(O)C=Cc1ccc(OCC(=O)N2CCOCC2)cn1. The number of nitrogens with zero attached hydrogens (tertiary/aromatic N) is 2. The van der Waals surface area contributed by atoms with Gasteiger partial charge in [-0.3, -0.25) is 9.78 Å². The molecule has 1 amide bonds. The van der Waals surface area contributed by atoms with Gasteiger partial charge in [0.25, 0.3) is 5.91 Å². The van der Waals surface area contributed by atoms with Gasteiger partial charge in [0.2, 0.25) is 0 Å². The van der Waals surface area contributed by atoms with Crippen molar-refractivity contribution in [2.24, 2.45) is 0 Å². The third kappa shape index (κ3) is 4.88. The fourth-order valence-corrected chi connectivity index (χ4v) is 1.78. The van der Waals surface area contributed by atoms with Crippen LogP contribution >= 0.6 is 0 Å². The Kier molecular flexibility index (Phi) is 5.28. The highest BCUT2D eigenvalue weighted by Gasteiger charge is 2.17. The van der Waals surface area contributed by atoms with Crippen LogP contribution in [0.2, 0.25) is 0 Å². The molecule has 0 aromatic carbocycles. The summed E-state index contributed by atoms with van der Waals surface area (Å²) in [5, 5.41) is 8.51. The molecule has 2 heterocycles. The lowest BCUT2D eigenvalue weighted by Crippen LogP contribution is -2.42. The highest BCUT2D eigenvalue weighted by Crippen LogP contribution is 2.10. The number of amides is 1. The van der Waals surface area contributed by atoms with Crippen molar-refractivity contribution in [1.82, 2.24) is 9.88 Å². The minimum absolute atomic E-state index is 0.0496. The molecule has 1 fully saturated rings. The highest BCUT2D eigenvalue weighted by atomic mass is 16.5. The third-order valence-corrected chi connectivity index (χ3v) is 2.88. The van der Waals surface area contributed by atoms with Crippen LogP contribution in [0, 0.1) is 0 Å². The van der Waals surface area contributed by atoms with Gasteiger partial charge in [-0.05, 0) is 18.2 Å². The number of carboxylic acid groups (broad SMARTS) is 1. The molecule has 1 aromatic rings. The molecule has 0 radical (unpaired) electrons. The molecule has 1 saturated heterocycles. The van der Waals surface area contributed by atoms with Crippen LogP contribution in [0.15, 0.2) is 24.4 Å². The molecule has 1 aliphatic rings. The second-order valence-electron chi connectivity index (χ2n) is 4.37. The van der Waals surface area contributed by atoms with Crippen LogP contribution in [0.3, 0.4) is 0 Å². The first-order valence-electron chi connectivity index (χ1n) is 6.50. The predicted molar refractivity (Wildman–Crippen MR) is 73.8 cm³/mol. The zero-order chi connectivity index (χ0) is 15.1.